The average Bonchev–Trinajstić information content (AvgIpc) is 2.42. The average molecular weight is 261 g/mol. The molecule has 0 atom stereocenters. The first kappa shape index (κ1) is 14.0. The summed E-state index contributed by atoms with van der Waals surface area (Å²) in [6.45, 7) is 3.53. The Morgan fingerprint density at radius 1 is 1.26 bits per heavy atom. The number of nitrogens with one attached hydrogen (secondary N) is 2. The Morgan fingerprint density at radius 2 is 1.95 bits per heavy atom. The zero-order chi connectivity index (χ0) is 13.5. The maximum Gasteiger partial charge on any atom is 0.234 e. The van der Waals surface area contributed by atoms with Crippen LogP contribution in [0.2, 0.25) is 0 Å². The van der Waals surface area contributed by atoms with Gasteiger partial charge in [-0.25, -0.2) is 0 Å². The number of rotatable bonds is 5. The molecule has 4 nitrogen and oxygen atoms in total. The summed E-state index contributed by atoms with van der Waals surface area (Å²) in [6, 6.07) is 10.9. The molecule has 0 saturated carbocycles. The highest BCUT2D eigenvalue weighted by Gasteiger charge is 2.20. The van der Waals surface area contributed by atoms with Crippen LogP contribution in [-0.4, -0.2) is 43.5 Å². The van der Waals surface area contributed by atoms with Crippen molar-refractivity contribution in [2.75, 3.05) is 26.7 Å². The highest BCUT2D eigenvalue weighted by atomic mass is 16.1. The molecular weight excluding hydrogens is 238 g/mol. The fourth-order valence-corrected chi connectivity index (χ4v) is 2.52. The van der Waals surface area contributed by atoms with Gasteiger partial charge in [0.25, 0.3) is 0 Å². The highest BCUT2D eigenvalue weighted by Crippen LogP contribution is 2.13. The number of nitrogens with zero attached hydrogens (tertiary/aromatic N) is 1. The van der Waals surface area contributed by atoms with E-state index in [1.165, 1.54) is 5.56 Å². The van der Waals surface area contributed by atoms with E-state index in [1.54, 1.807) is 7.05 Å². The van der Waals surface area contributed by atoms with Crippen molar-refractivity contribution in [1.82, 2.24) is 15.5 Å². The number of hydrogen-bond donors (Lipinski definition) is 2. The van der Waals surface area contributed by atoms with Crippen molar-refractivity contribution in [1.29, 1.82) is 0 Å². The lowest BCUT2D eigenvalue weighted by Gasteiger charge is -2.32. The molecule has 1 heterocycles. The van der Waals surface area contributed by atoms with E-state index in [0.29, 0.717) is 12.6 Å². The van der Waals surface area contributed by atoms with Crippen LogP contribution in [0.1, 0.15) is 18.4 Å². The van der Waals surface area contributed by atoms with Crippen molar-refractivity contribution in [2.24, 2.45) is 0 Å². The van der Waals surface area contributed by atoms with Gasteiger partial charge >= 0.3 is 0 Å². The zero-order valence-corrected chi connectivity index (χ0v) is 11.6. The molecule has 1 saturated heterocycles. The largest absolute Gasteiger partial charge is 0.352 e. The fourth-order valence-electron chi connectivity index (χ4n) is 2.52. The second-order valence-corrected chi connectivity index (χ2v) is 5.13. The number of hydrogen-bond acceptors (Lipinski definition) is 3. The summed E-state index contributed by atoms with van der Waals surface area (Å²) in [5.74, 6) is 0.101. The summed E-state index contributed by atoms with van der Waals surface area (Å²) in [7, 11) is 1.79. The molecule has 1 aromatic rings. The van der Waals surface area contributed by atoms with Crippen LogP contribution in [-0.2, 0) is 11.3 Å². The minimum atomic E-state index is 0.101. The molecule has 0 aliphatic carbocycles. The Morgan fingerprint density at radius 3 is 2.58 bits per heavy atom. The molecule has 4 heteroatoms. The van der Waals surface area contributed by atoms with Gasteiger partial charge in [0.05, 0.1) is 6.54 Å². The van der Waals surface area contributed by atoms with Crippen molar-refractivity contribution in [2.45, 2.75) is 25.4 Å². The van der Waals surface area contributed by atoms with Gasteiger partial charge in [-0.1, -0.05) is 30.3 Å². The van der Waals surface area contributed by atoms with Crippen LogP contribution in [0.3, 0.4) is 0 Å². The lowest BCUT2D eigenvalue weighted by molar-refractivity contribution is -0.121. The molecule has 1 amide bonds. The summed E-state index contributed by atoms with van der Waals surface area (Å²) in [5, 5.41) is 5.95. The molecular formula is C15H23N3O. The van der Waals surface area contributed by atoms with E-state index in [2.05, 4.69) is 39.8 Å². The van der Waals surface area contributed by atoms with Crippen LogP contribution in [0.15, 0.2) is 30.3 Å². The second-order valence-electron chi connectivity index (χ2n) is 5.13. The van der Waals surface area contributed by atoms with E-state index in [4.69, 9.17) is 0 Å². The predicted molar refractivity (Wildman–Crippen MR) is 76.8 cm³/mol. The van der Waals surface area contributed by atoms with Crippen LogP contribution < -0.4 is 10.6 Å². The maximum absolute atomic E-state index is 11.5. The number of carbonyl (C=O) groups excluding carboxylic acids is 1. The first-order valence-electron chi connectivity index (χ1n) is 6.98. The number of amides is 1. The van der Waals surface area contributed by atoms with Crippen molar-refractivity contribution >= 4 is 5.91 Å². The molecule has 0 spiro atoms. The quantitative estimate of drug-likeness (QED) is 0.830. The molecule has 1 aromatic carbocycles. The van der Waals surface area contributed by atoms with Crippen LogP contribution in [0.25, 0.3) is 0 Å². The molecule has 1 aliphatic rings. The first-order valence-corrected chi connectivity index (χ1v) is 6.98. The summed E-state index contributed by atoms with van der Waals surface area (Å²) >= 11 is 0. The van der Waals surface area contributed by atoms with E-state index in [1.807, 2.05) is 6.07 Å². The topological polar surface area (TPSA) is 44.4 Å². The Balaban J connectivity index is 1.72. The first-order chi connectivity index (χ1) is 9.28. The standard InChI is InChI=1S/C15H23N3O/c1-16-11-15(19)17-14-7-9-18(10-8-14)12-13-5-3-2-4-6-13/h2-6,14,16H,7-12H2,1H3,(H,17,19). The van der Waals surface area contributed by atoms with E-state index >= 15 is 0 Å². The zero-order valence-electron chi connectivity index (χ0n) is 11.6. The molecule has 2 N–H and O–H groups in total. The molecule has 0 unspecified atom stereocenters. The van der Waals surface area contributed by atoms with Gasteiger partial charge in [-0.3, -0.25) is 9.69 Å². The fraction of sp³-hybridized carbons (Fsp3) is 0.533. The third-order valence-corrected chi connectivity index (χ3v) is 3.54. The molecule has 0 bridgehead atoms. The molecule has 19 heavy (non-hydrogen) atoms. The Hall–Kier alpha value is -1.39. The second kappa shape index (κ2) is 7.26. The predicted octanol–water partition coefficient (Wildman–Crippen LogP) is 0.987. The van der Waals surface area contributed by atoms with E-state index in [-0.39, 0.29) is 5.91 Å². The van der Waals surface area contributed by atoms with Crippen LogP contribution in [0.5, 0.6) is 0 Å². The van der Waals surface area contributed by atoms with E-state index in [9.17, 15) is 4.79 Å². The number of carbonyl (C=O) groups is 1. The van der Waals surface area contributed by atoms with Gasteiger partial charge < -0.3 is 10.6 Å². The molecule has 0 aromatic heterocycles. The van der Waals surface area contributed by atoms with Gasteiger partial charge in [-0.05, 0) is 25.5 Å². The highest BCUT2D eigenvalue weighted by molar-refractivity contribution is 5.78. The van der Waals surface area contributed by atoms with Gasteiger partial charge in [0.1, 0.15) is 0 Å². The van der Waals surface area contributed by atoms with Crippen molar-refractivity contribution < 1.29 is 4.79 Å². The van der Waals surface area contributed by atoms with Gasteiger partial charge in [0, 0.05) is 25.7 Å². The summed E-state index contributed by atoms with van der Waals surface area (Å²) < 4.78 is 0. The minimum absolute atomic E-state index is 0.101. The smallest absolute Gasteiger partial charge is 0.234 e. The van der Waals surface area contributed by atoms with Gasteiger partial charge in [-0.15, -0.1) is 0 Å². The van der Waals surface area contributed by atoms with Gasteiger partial charge in [0.2, 0.25) is 5.91 Å². The van der Waals surface area contributed by atoms with Gasteiger partial charge in [0.15, 0.2) is 0 Å². The summed E-state index contributed by atoms with van der Waals surface area (Å²) in [6.07, 6.45) is 2.09. The molecule has 0 radical (unpaired) electrons. The van der Waals surface area contributed by atoms with Crippen LogP contribution in [0.4, 0.5) is 0 Å². The SMILES string of the molecule is CNCC(=O)NC1CCN(Cc2ccccc2)CC1. The van der Waals surface area contributed by atoms with Crippen molar-refractivity contribution in [3.05, 3.63) is 35.9 Å². The Labute approximate surface area is 115 Å². The van der Waals surface area contributed by atoms with Crippen LogP contribution in [0, 0.1) is 0 Å². The number of likely N-dealkylation sites (tertiary alicyclic amines) is 1. The number of piperidine rings is 1. The van der Waals surface area contributed by atoms with Crippen molar-refractivity contribution in [3.63, 3.8) is 0 Å². The minimum Gasteiger partial charge on any atom is -0.352 e. The monoisotopic (exact) mass is 261 g/mol. The van der Waals surface area contributed by atoms with E-state index in [0.717, 1.165) is 32.5 Å². The normalized spacial score (nSPS) is 17.3. The van der Waals surface area contributed by atoms with E-state index < -0.39 is 0 Å². The summed E-state index contributed by atoms with van der Waals surface area (Å²) in [5.41, 5.74) is 1.36. The van der Waals surface area contributed by atoms with Crippen LogP contribution >= 0.6 is 0 Å². The summed E-state index contributed by atoms with van der Waals surface area (Å²) in [4.78, 5) is 14.0. The molecule has 1 fully saturated rings. The maximum atomic E-state index is 11.5. The lowest BCUT2D eigenvalue weighted by Crippen LogP contribution is -2.46. The molecule has 1 aliphatic heterocycles. The number of likely N-dealkylation sites (N-methyl/N-ethyl adjacent to an activating group) is 1. The molecule has 2 rings (SSSR count). The number of benzene rings is 1. The third kappa shape index (κ3) is 4.65. The van der Waals surface area contributed by atoms with Gasteiger partial charge in [-0.2, -0.15) is 0 Å². The molecule has 104 valence electrons. The third-order valence-electron chi connectivity index (χ3n) is 3.54. The Bertz CT molecular complexity index is 386. The lowest BCUT2D eigenvalue weighted by atomic mass is 10.0. The Kier molecular flexibility index (Phi) is 5.36. The van der Waals surface area contributed by atoms with Crippen molar-refractivity contribution in [3.8, 4) is 0 Å².